The Morgan fingerprint density at radius 1 is 0.914 bits per heavy atom. The zero-order valence-corrected chi connectivity index (χ0v) is 19.6. The molecule has 1 saturated heterocycles. The topological polar surface area (TPSA) is 74.0 Å². The standard InChI is InChI=1S/C28H21N5OS/c29-16-7-17-32-19-23(18-25-27(34)33(28(35)30-25)24-10-5-2-6-11-24)26(31-32)22-14-12-21(13-15-22)20-8-3-1-4-9-20/h1-6,8-15,18-19H,7,17H2,(H,30,35). The summed E-state index contributed by atoms with van der Waals surface area (Å²) in [5.41, 5.74) is 5.74. The number of aryl methyl sites for hydroxylation is 1. The lowest BCUT2D eigenvalue weighted by Gasteiger charge is -2.13. The molecule has 0 atom stereocenters. The van der Waals surface area contributed by atoms with Crippen molar-refractivity contribution in [2.75, 3.05) is 4.90 Å². The molecule has 1 aromatic heterocycles. The third kappa shape index (κ3) is 4.60. The highest BCUT2D eigenvalue weighted by Crippen LogP contribution is 2.29. The predicted octanol–water partition coefficient (Wildman–Crippen LogP) is 5.39. The van der Waals surface area contributed by atoms with Crippen molar-refractivity contribution >= 4 is 35.0 Å². The molecule has 0 bridgehead atoms. The molecule has 0 unspecified atom stereocenters. The van der Waals surface area contributed by atoms with Gasteiger partial charge in [0, 0.05) is 17.3 Å². The molecule has 4 aromatic rings. The summed E-state index contributed by atoms with van der Waals surface area (Å²) in [6.45, 7) is 0.463. The first-order valence-electron chi connectivity index (χ1n) is 11.2. The second kappa shape index (κ2) is 9.75. The number of anilines is 1. The highest BCUT2D eigenvalue weighted by atomic mass is 32.1. The molecule has 170 valence electrons. The van der Waals surface area contributed by atoms with Gasteiger partial charge in [-0.15, -0.1) is 0 Å². The molecule has 1 aliphatic rings. The van der Waals surface area contributed by atoms with E-state index >= 15 is 0 Å². The number of nitrogens with one attached hydrogen (secondary N) is 1. The van der Waals surface area contributed by atoms with E-state index in [2.05, 4.69) is 35.7 Å². The Morgan fingerprint density at radius 2 is 1.54 bits per heavy atom. The molecule has 0 spiro atoms. The summed E-state index contributed by atoms with van der Waals surface area (Å²) < 4.78 is 1.74. The van der Waals surface area contributed by atoms with Crippen molar-refractivity contribution in [3.05, 3.63) is 102 Å². The van der Waals surface area contributed by atoms with Crippen molar-refractivity contribution in [2.45, 2.75) is 13.0 Å². The summed E-state index contributed by atoms with van der Waals surface area (Å²) in [7, 11) is 0. The van der Waals surface area contributed by atoms with Crippen LogP contribution in [0.1, 0.15) is 12.0 Å². The van der Waals surface area contributed by atoms with Crippen molar-refractivity contribution in [1.29, 1.82) is 5.26 Å². The van der Waals surface area contributed by atoms with Gasteiger partial charge >= 0.3 is 0 Å². The highest BCUT2D eigenvalue weighted by molar-refractivity contribution is 7.80. The fourth-order valence-electron chi connectivity index (χ4n) is 4.00. The number of benzene rings is 3. The van der Waals surface area contributed by atoms with Crippen LogP contribution in [0.2, 0.25) is 0 Å². The summed E-state index contributed by atoms with van der Waals surface area (Å²) in [4.78, 5) is 14.7. The van der Waals surface area contributed by atoms with Gasteiger partial charge in [-0.3, -0.25) is 14.4 Å². The summed E-state index contributed by atoms with van der Waals surface area (Å²) in [6.07, 6.45) is 3.97. The molecular weight excluding hydrogens is 454 g/mol. The van der Waals surface area contributed by atoms with Crippen LogP contribution < -0.4 is 10.2 Å². The number of thiocarbonyl (C=S) groups is 1. The molecule has 0 saturated carbocycles. The second-order valence-corrected chi connectivity index (χ2v) is 8.40. The lowest BCUT2D eigenvalue weighted by atomic mass is 10.0. The number of aromatic nitrogens is 2. The van der Waals surface area contributed by atoms with Gasteiger partial charge in [-0.2, -0.15) is 10.4 Å². The van der Waals surface area contributed by atoms with E-state index in [9.17, 15) is 4.79 Å². The predicted molar refractivity (Wildman–Crippen MR) is 141 cm³/mol. The molecule has 7 heteroatoms. The zero-order valence-electron chi connectivity index (χ0n) is 18.8. The molecule has 1 N–H and O–H groups in total. The Morgan fingerprint density at radius 3 is 2.23 bits per heavy atom. The first kappa shape index (κ1) is 22.3. The Bertz CT molecular complexity index is 1450. The number of hydrogen-bond donors (Lipinski definition) is 1. The Balaban J connectivity index is 1.50. The third-order valence-corrected chi connectivity index (χ3v) is 5.99. The van der Waals surface area contributed by atoms with E-state index in [4.69, 9.17) is 22.6 Å². The number of rotatable bonds is 6. The Hall–Kier alpha value is -4.54. The molecule has 6 nitrogen and oxygen atoms in total. The molecule has 3 aromatic carbocycles. The van der Waals surface area contributed by atoms with Gasteiger partial charge in [-0.25, -0.2) is 0 Å². The number of para-hydroxylation sites is 1. The van der Waals surface area contributed by atoms with Crippen LogP contribution in [-0.4, -0.2) is 20.8 Å². The number of carbonyl (C=O) groups excluding carboxylic acids is 1. The van der Waals surface area contributed by atoms with Crippen molar-refractivity contribution in [3.63, 3.8) is 0 Å². The van der Waals surface area contributed by atoms with Crippen LogP contribution in [0.25, 0.3) is 28.5 Å². The van der Waals surface area contributed by atoms with Crippen LogP contribution >= 0.6 is 12.2 Å². The monoisotopic (exact) mass is 475 g/mol. The van der Waals surface area contributed by atoms with E-state index in [-0.39, 0.29) is 5.91 Å². The molecule has 1 aliphatic heterocycles. The van der Waals surface area contributed by atoms with E-state index in [1.807, 2.05) is 66.9 Å². The number of nitriles is 1. The maximum atomic E-state index is 13.2. The van der Waals surface area contributed by atoms with Crippen molar-refractivity contribution in [2.24, 2.45) is 0 Å². The van der Waals surface area contributed by atoms with Crippen LogP contribution in [0, 0.1) is 11.3 Å². The van der Waals surface area contributed by atoms with Crippen molar-refractivity contribution in [1.82, 2.24) is 15.1 Å². The molecule has 1 fully saturated rings. The van der Waals surface area contributed by atoms with Gasteiger partial charge in [0.05, 0.1) is 30.4 Å². The van der Waals surface area contributed by atoms with Crippen molar-refractivity contribution in [3.8, 4) is 28.5 Å². The second-order valence-electron chi connectivity index (χ2n) is 8.01. The van der Waals surface area contributed by atoms with E-state index in [0.717, 1.165) is 27.9 Å². The van der Waals surface area contributed by atoms with Crippen LogP contribution in [0.15, 0.2) is 96.8 Å². The van der Waals surface area contributed by atoms with Gasteiger partial charge in [0.25, 0.3) is 5.91 Å². The van der Waals surface area contributed by atoms with Gasteiger partial charge in [-0.1, -0.05) is 72.8 Å². The molecule has 0 radical (unpaired) electrons. The maximum Gasteiger partial charge on any atom is 0.281 e. The fraction of sp³-hybridized carbons (Fsp3) is 0.0714. The lowest BCUT2D eigenvalue weighted by Crippen LogP contribution is -2.30. The van der Waals surface area contributed by atoms with Gasteiger partial charge in [-0.05, 0) is 41.6 Å². The Kier molecular flexibility index (Phi) is 6.20. The van der Waals surface area contributed by atoms with Gasteiger partial charge < -0.3 is 5.32 Å². The fourth-order valence-corrected chi connectivity index (χ4v) is 4.30. The molecule has 1 amide bonds. The van der Waals surface area contributed by atoms with Crippen LogP contribution in [0.5, 0.6) is 0 Å². The molecule has 5 rings (SSSR count). The minimum atomic E-state index is -0.226. The van der Waals surface area contributed by atoms with E-state index in [1.54, 1.807) is 10.8 Å². The summed E-state index contributed by atoms with van der Waals surface area (Å²) >= 11 is 5.44. The summed E-state index contributed by atoms with van der Waals surface area (Å²) in [5.74, 6) is -0.226. The third-order valence-electron chi connectivity index (χ3n) is 5.70. The number of nitrogens with zero attached hydrogens (tertiary/aromatic N) is 4. The number of hydrogen-bond acceptors (Lipinski definition) is 4. The minimum absolute atomic E-state index is 0.226. The number of carbonyl (C=O) groups is 1. The largest absolute Gasteiger partial charge is 0.327 e. The maximum absolute atomic E-state index is 13.2. The van der Waals surface area contributed by atoms with Gasteiger partial charge in [0.15, 0.2) is 5.11 Å². The van der Waals surface area contributed by atoms with Crippen molar-refractivity contribution < 1.29 is 4.79 Å². The lowest BCUT2D eigenvalue weighted by molar-refractivity contribution is -0.113. The van der Waals surface area contributed by atoms with E-state index in [0.29, 0.717) is 29.5 Å². The highest BCUT2D eigenvalue weighted by Gasteiger charge is 2.32. The zero-order chi connectivity index (χ0) is 24.2. The first-order valence-corrected chi connectivity index (χ1v) is 11.6. The van der Waals surface area contributed by atoms with E-state index < -0.39 is 0 Å². The molecule has 2 heterocycles. The summed E-state index contributed by atoms with van der Waals surface area (Å²) in [5, 5.41) is 17.1. The van der Waals surface area contributed by atoms with Gasteiger partial charge in [0.2, 0.25) is 0 Å². The molecular formula is C28H21N5OS. The Labute approximate surface area is 208 Å². The van der Waals surface area contributed by atoms with Gasteiger partial charge in [0.1, 0.15) is 5.70 Å². The quantitative estimate of drug-likeness (QED) is 0.299. The molecule has 35 heavy (non-hydrogen) atoms. The minimum Gasteiger partial charge on any atom is -0.327 e. The first-order chi connectivity index (χ1) is 17.1. The van der Waals surface area contributed by atoms with Crippen LogP contribution in [0.3, 0.4) is 0 Å². The van der Waals surface area contributed by atoms with Crippen LogP contribution in [-0.2, 0) is 11.3 Å². The van der Waals surface area contributed by atoms with Crippen LogP contribution in [0.4, 0.5) is 5.69 Å². The normalized spacial score (nSPS) is 14.3. The smallest absolute Gasteiger partial charge is 0.281 e. The average molecular weight is 476 g/mol. The molecule has 0 aliphatic carbocycles. The average Bonchev–Trinajstić information content (AvgIpc) is 3.43. The summed E-state index contributed by atoms with van der Waals surface area (Å²) in [6, 6.07) is 29.8. The SMILES string of the molecule is N#CCCn1cc(C=C2NC(=S)N(c3ccccc3)C2=O)c(-c2ccc(-c3ccccc3)cc2)n1. The van der Waals surface area contributed by atoms with E-state index in [1.165, 1.54) is 4.90 Å². The number of amides is 1.